The van der Waals surface area contributed by atoms with E-state index in [-0.39, 0.29) is 11.3 Å². The average molecular weight is 414 g/mol. The number of carbonyl (C=O) groups excluding carboxylic acids is 1. The molecule has 1 saturated heterocycles. The number of hydrogen-bond acceptors (Lipinski definition) is 4. The van der Waals surface area contributed by atoms with Gasteiger partial charge < -0.3 is 19.9 Å². The summed E-state index contributed by atoms with van der Waals surface area (Å²) in [5.74, 6) is 3.40. The number of thiocarbonyl (C=S) groups is 1. The van der Waals surface area contributed by atoms with Crippen LogP contribution in [-0.2, 0) is 4.79 Å². The van der Waals surface area contributed by atoms with Gasteiger partial charge >= 0.3 is 0 Å². The minimum atomic E-state index is -0.135. The van der Waals surface area contributed by atoms with E-state index >= 15 is 0 Å². The quantitative estimate of drug-likeness (QED) is 0.769. The highest BCUT2D eigenvalue weighted by Gasteiger charge is 2.54. The molecule has 1 aromatic carbocycles. The molecule has 0 spiro atoms. The normalized spacial score (nSPS) is 32.9. The fourth-order valence-electron chi connectivity index (χ4n) is 6.66. The third-order valence-electron chi connectivity index (χ3n) is 7.74. The van der Waals surface area contributed by atoms with Gasteiger partial charge in [0.25, 0.3) is 0 Å². The summed E-state index contributed by atoms with van der Waals surface area (Å²) in [5, 5.41) is 3.78. The van der Waals surface area contributed by atoms with E-state index in [9.17, 15) is 4.79 Å². The van der Waals surface area contributed by atoms with Crippen molar-refractivity contribution >= 4 is 28.9 Å². The number of anilines is 1. The van der Waals surface area contributed by atoms with Crippen LogP contribution in [0.4, 0.5) is 5.69 Å². The van der Waals surface area contributed by atoms with E-state index < -0.39 is 0 Å². The van der Waals surface area contributed by atoms with Crippen molar-refractivity contribution in [2.75, 3.05) is 38.2 Å². The van der Waals surface area contributed by atoms with E-state index in [0.29, 0.717) is 5.11 Å². The van der Waals surface area contributed by atoms with Gasteiger partial charge in [-0.15, -0.1) is 0 Å². The van der Waals surface area contributed by atoms with E-state index in [1.54, 1.807) is 7.11 Å². The Morgan fingerprint density at radius 2 is 1.55 bits per heavy atom. The van der Waals surface area contributed by atoms with Crippen LogP contribution in [0.5, 0.6) is 5.75 Å². The lowest BCUT2D eigenvalue weighted by Crippen LogP contribution is -2.58. The number of benzene rings is 1. The molecule has 1 N–H and O–H groups in total. The van der Waals surface area contributed by atoms with Crippen molar-refractivity contribution < 1.29 is 9.53 Å². The monoisotopic (exact) mass is 413 g/mol. The molecule has 1 heterocycles. The first-order valence-electron chi connectivity index (χ1n) is 11.0. The number of ether oxygens (including phenoxy) is 1. The maximum Gasteiger partial charge on any atom is 0.232 e. The molecule has 29 heavy (non-hydrogen) atoms. The molecule has 1 aliphatic heterocycles. The van der Waals surface area contributed by atoms with Crippen molar-refractivity contribution in [3.8, 4) is 5.75 Å². The molecule has 1 amide bonds. The van der Waals surface area contributed by atoms with Crippen molar-refractivity contribution in [1.29, 1.82) is 0 Å². The van der Waals surface area contributed by atoms with Gasteiger partial charge in [-0.05, 0) is 92.8 Å². The number of piperazine rings is 1. The molecular weight excluding hydrogens is 382 g/mol. The van der Waals surface area contributed by atoms with E-state index in [0.717, 1.165) is 68.9 Å². The van der Waals surface area contributed by atoms with Crippen LogP contribution in [0.15, 0.2) is 24.3 Å². The average Bonchev–Trinajstić information content (AvgIpc) is 2.73. The van der Waals surface area contributed by atoms with Crippen LogP contribution in [0.1, 0.15) is 38.5 Å². The van der Waals surface area contributed by atoms with Crippen LogP contribution >= 0.6 is 12.2 Å². The van der Waals surface area contributed by atoms with Crippen LogP contribution in [0.25, 0.3) is 0 Å². The molecule has 4 aliphatic carbocycles. The van der Waals surface area contributed by atoms with Crippen LogP contribution in [0.3, 0.4) is 0 Å². The molecule has 5 aliphatic rings. The molecule has 0 atom stereocenters. The van der Waals surface area contributed by atoms with Crippen molar-refractivity contribution in [2.24, 2.45) is 23.2 Å². The maximum absolute atomic E-state index is 13.2. The predicted molar refractivity (Wildman–Crippen MR) is 118 cm³/mol. The largest absolute Gasteiger partial charge is 0.497 e. The van der Waals surface area contributed by atoms with Crippen molar-refractivity contribution in [2.45, 2.75) is 38.5 Å². The number of amides is 1. The highest BCUT2D eigenvalue weighted by Crippen LogP contribution is 2.60. The Morgan fingerprint density at radius 3 is 2.07 bits per heavy atom. The molecule has 5 fully saturated rings. The zero-order valence-electron chi connectivity index (χ0n) is 17.2. The highest BCUT2D eigenvalue weighted by atomic mass is 32.1. The number of hydrogen-bond donors (Lipinski definition) is 1. The molecule has 5 nitrogen and oxygen atoms in total. The summed E-state index contributed by atoms with van der Waals surface area (Å²) in [6.07, 6.45) is 7.30. The summed E-state index contributed by atoms with van der Waals surface area (Å²) in [7, 11) is 1.69. The third-order valence-corrected chi connectivity index (χ3v) is 8.11. The predicted octanol–water partition coefficient (Wildman–Crippen LogP) is 3.43. The molecule has 4 saturated carbocycles. The van der Waals surface area contributed by atoms with Crippen LogP contribution in [0, 0.1) is 23.2 Å². The molecule has 6 rings (SSSR count). The molecule has 1 aromatic rings. The van der Waals surface area contributed by atoms with Gasteiger partial charge in [0.05, 0.1) is 12.5 Å². The molecule has 0 radical (unpaired) electrons. The molecular formula is C23H31N3O2S. The SMILES string of the molecule is COc1ccc(N2CCN(C(=S)NC(=O)C34CC5CC(CC(C5)C3)C4)CC2)cc1. The lowest BCUT2D eigenvalue weighted by atomic mass is 9.49. The first-order valence-corrected chi connectivity index (χ1v) is 11.4. The zero-order chi connectivity index (χ0) is 20.0. The maximum atomic E-state index is 13.2. The van der Waals surface area contributed by atoms with E-state index in [1.165, 1.54) is 24.9 Å². The van der Waals surface area contributed by atoms with Gasteiger partial charge in [0.2, 0.25) is 5.91 Å². The molecule has 156 valence electrons. The van der Waals surface area contributed by atoms with E-state index in [4.69, 9.17) is 17.0 Å². The highest BCUT2D eigenvalue weighted by molar-refractivity contribution is 7.80. The molecule has 6 heteroatoms. The molecule has 0 aromatic heterocycles. The Bertz CT molecular complexity index is 751. The Balaban J connectivity index is 1.16. The van der Waals surface area contributed by atoms with Crippen molar-refractivity contribution in [3.05, 3.63) is 24.3 Å². The number of rotatable bonds is 3. The number of carbonyl (C=O) groups is 1. The summed E-state index contributed by atoms with van der Waals surface area (Å²) < 4.78 is 5.25. The Labute approximate surface area is 178 Å². The summed E-state index contributed by atoms with van der Waals surface area (Å²) in [4.78, 5) is 17.8. The Hall–Kier alpha value is -1.82. The zero-order valence-corrected chi connectivity index (χ0v) is 18.0. The molecule has 4 bridgehead atoms. The second kappa shape index (κ2) is 7.46. The topological polar surface area (TPSA) is 44.8 Å². The number of nitrogens with one attached hydrogen (secondary N) is 1. The van der Waals surface area contributed by atoms with Gasteiger partial charge in [0.15, 0.2) is 5.11 Å². The number of nitrogens with zero attached hydrogens (tertiary/aromatic N) is 2. The van der Waals surface area contributed by atoms with Gasteiger partial charge in [-0.2, -0.15) is 0 Å². The second-order valence-electron chi connectivity index (χ2n) is 9.63. The van der Waals surface area contributed by atoms with Crippen molar-refractivity contribution in [3.63, 3.8) is 0 Å². The van der Waals surface area contributed by atoms with Gasteiger partial charge in [-0.1, -0.05) is 0 Å². The van der Waals surface area contributed by atoms with E-state index in [2.05, 4.69) is 27.2 Å². The van der Waals surface area contributed by atoms with Crippen LogP contribution < -0.4 is 15.0 Å². The third kappa shape index (κ3) is 3.60. The summed E-state index contributed by atoms with van der Waals surface area (Å²) in [5.41, 5.74) is 1.07. The van der Waals surface area contributed by atoms with E-state index in [1.807, 2.05) is 12.1 Å². The minimum absolute atomic E-state index is 0.135. The number of methoxy groups -OCH3 is 1. The molecule has 0 unspecified atom stereocenters. The fourth-order valence-corrected chi connectivity index (χ4v) is 6.93. The minimum Gasteiger partial charge on any atom is -0.497 e. The first kappa shape index (κ1) is 19.2. The van der Waals surface area contributed by atoms with Gasteiger partial charge in [-0.3, -0.25) is 4.79 Å². The second-order valence-corrected chi connectivity index (χ2v) is 10.0. The van der Waals surface area contributed by atoms with Gasteiger partial charge in [-0.25, -0.2) is 0 Å². The van der Waals surface area contributed by atoms with Gasteiger partial charge in [0.1, 0.15) is 5.75 Å². The lowest BCUT2D eigenvalue weighted by Gasteiger charge is -2.55. The smallest absolute Gasteiger partial charge is 0.232 e. The standard InChI is InChI=1S/C23H31N3O2S/c1-28-20-4-2-19(3-5-20)25-6-8-26(9-7-25)22(29)24-21(27)23-13-16-10-17(14-23)12-18(11-16)15-23/h2-5,16-18H,6-15H2,1H3,(H,24,27,29). The Morgan fingerprint density at radius 1 is 1.00 bits per heavy atom. The summed E-state index contributed by atoms with van der Waals surface area (Å²) in [6.45, 7) is 3.48. The van der Waals surface area contributed by atoms with Gasteiger partial charge in [0, 0.05) is 31.9 Å². The lowest BCUT2D eigenvalue weighted by molar-refractivity contribution is -0.144. The fraction of sp³-hybridized carbons (Fsp3) is 0.652. The van der Waals surface area contributed by atoms with Crippen LogP contribution in [-0.4, -0.2) is 49.2 Å². The summed E-state index contributed by atoms with van der Waals surface area (Å²) in [6, 6.07) is 8.19. The summed E-state index contributed by atoms with van der Waals surface area (Å²) >= 11 is 5.65. The van der Waals surface area contributed by atoms with Crippen molar-refractivity contribution in [1.82, 2.24) is 10.2 Å². The van der Waals surface area contributed by atoms with Crippen LogP contribution in [0.2, 0.25) is 0 Å². The Kier molecular flexibility index (Phi) is 4.93. The first-order chi connectivity index (χ1) is 14.0.